The molecule has 0 saturated carbocycles. The molecule has 0 spiro atoms. The first-order valence-corrected chi connectivity index (χ1v) is 8.01. The van der Waals surface area contributed by atoms with Crippen molar-refractivity contribution in [2.75, 3.05) is 18.0 Å². The Labute approximate surface area is 123 Å². The van der Waals surface area contributed by atoms with Gasteiger partial charge in [0.25, 0.3) is 0 Å². The molecule has 112 valence electrons. The summed E-state index contributed by atoms with van der Waals surface area (Å²) in [6.07, 6.45) is 2.55. The third-order valence-corrected chi connectivity index (χ3v) is 4.55. The zero-order valence-electron chi connectivity index (χ0n) is 13.6. The fraction of sp³-hybridized carbons (Fsp3) is 0.667. The number of hydrogen-bond donors (Lipinski definition) is 1. The molecule has 0 unspecified atom stereocenters. The highest BCUT2D eigenvalue weighted by Gasteiger charge is 2.20. The zero-order valence-corrected chi connectivity index (χ0v) is 13.6. The van der Waals surface area contributed by atoms with Gasteiger partial charge < -0.3 is 10.0 Å². The zero-order chi connectivity index (χ0) is 14.9. The van der Waals surface area contributed by atoms with E-state index in [0.29, 0.717) is 17.6 Å². The van der Waals surface area contributed by atoms with E-state index in [1.807, 2.05) is 0 Å². The Morgan fingerprint density at radius 1 is 1.00 bits per heavy atom. The van der Waals surface area contributed by atoms with Crippen molar-refractivity contribution in [3.63, 3.8) is 0 Å². The fourth-order valence-electron chi connectivity index (χ4n) is 2.99. The Hall–Kier alpha value is -1.18. The average molecular weight is 275 g/mol. The molecular formula is C18H29NO. The summed E-state index contributed by atoms with van der Waals surface area (Å²) in [5.41, 5.74) is 3.47. The van der Waals surface area contributed by atoms with Crippen LogP contribution in [-0.4, -0.2) is 18.2 Å². The van der Waals surface area contributed by atoms with Crippen LogP contribution in [0.15, 0.2) is 12.1 Å². The minimum Gasteiger partial charge on any atom is -0.507 e. The summed E-state index contributed by atoms with van der Waals surface area (Å²) in [6, 6.07) is 4.39. The summed E-state index contributed by atoms with van der Waals surface area (Å²) in [7, 11) is 0. The van der Waals surface area contributed by atoms with Crippen LogP contribution in [0, 0.1) is 5.92 Å². The lowest BCUT2D eigenvalue weighted by atomic mass is 9.92. The number of aromatic hydroxyl groups is 1. The Kier molecular flexibility index (Phi) is 4.62. The highest BCUT2D eigenvalue weighted by atomic mass is 16.3. The van der Waals surface area contributed by atoms with Crippen molar-refractivity contribution in [1.29, 1.82) is 0 Å². The first kappa shape index (κ1) is 15.2. The van der Waals surface area contributed by atoms with E-state index in [9.17, 15) is 5.11 Å². The van der Waals surface area contributed by atoms with Crippen LogP contribution in [0.3, 0.4) is 0 Å². The van der Waals surface area contributed by atoms with Gasteiger partial charge in [0.05, 0.1) is 0 Å². The lowest BCUT2D eigenvalue weighted by Gasteiger charge is -2.33. The molecule has 0 amide bonds. The van der Waals surface area contributed by atoms with Gasteiger partial charge in [0.2, 0.25) is 0 Å². The molecule has 0 atom stereocenters. The number of hydrogen-bond acceptors (Lipinski definition) is 2. The van der Waals surface area contributed by atoms with E-state index in [4.69, 9.17) is 0 Å². The summed E-state index contributed by atoms with van der Waals surface area (Å²) in [6.45, 7) is 13.2. The van der Waals surface area contributed by atoms with E-state index in [1.165, 1.54) is 18.5 Å². The van der Waals surface area contributed by atoms with Gasteiger partial charge in [0, 0.05) is 18.8 Å². The largest absolute Gasteiger partial charge is 0.507 e. The number of phenolic OH excluding ortho intramolecular Hbond substituents is 1. The van der Waals surface area contributed by atoms with Gasteiger partial charge in [-0.3, -0.25) is 0 Å². The highest BCUT2D eigenvalue weighted by Crippen LogP contribution is 2.38. The molecule has 0 radical (unpaired) electrons. The lowest BCUT2D eigenvalue weighted by Crippen LogP contribution is -2.32. The van der Waals surface area contributed by atoms with Crippen LogP contribution in [-0.2, 0) is 0 Å². The van der Waals surface area contributed by atoms with Gasteiger partial charge in [0.1, 0.15) is 5.75 Å². The predicted molar refractivity (Wildman–Crippen MR) is 86.9 cm³/mol. The van der Waals surface area contributed by atoms with E-state index >= 15 is 0 Å². The van der Waals surface area contributed by atoms with Gasteiger partial charge in [-0.1, -0.05) is 34.6 Å². The summed E-state index contributed by atoms with van der Waals surface area (Å²) in [5.74, 6) is 2.06. The highest BCUT2D eigenvalue weighted by molar-refractivity contribution is 5.58. The van der Waals surface area contributed by atoms with E-state index < -0.39 is 0 Å². The van der Waals surface area contributed by atoms with Gasteiger partial charge in [-0.05, 0) is 53.9 Å². The van der Waals surface area contributed by atoms with E-state index in [1.54, 1.807) is 0 Å². The molecule has 1 aromatic rings. The summed E-state index contributed by atoms with van der Waals surface area (Å²) in [5, 5.41) is 10.5. The molecule has 1 aliphatic heterocycles. The molecule has 1 fully saturated rings. The third kappa shape index (κ3) is 3.11. The van der Waals surface area contributed by atoms with Crippen molar-refractivity contribution in [2.45, 2.75) is 59.3 Å². The molecule has 0 aliphatic carbocycles. The van der Waals surface area contributed by atoms with Crippen LogP contribution >= 0.6 is 0 Å². The molecule has 0 aromatic heterocycles. The van der Waals surface area contributed by atoms with Crippen molar-refractivity contribution in [2.24, 2.45) is 5.92 Å². The fourth-order valence-corrected chi connectivity index (χ4v) is 2.99. The minimum absolute atomic E-state index is 0.358. The van der Waals surface area contributed by atoms with Gasteiger partial charge in [0.15, 0.2) is 0 Å². The maximum atomic E-state index is 10.5. The smallest absolute Gasteiger partial charge is 0.122 e. The number of rotatable bonds is 3. The Balaban J connectivity index is 2.38. The topological polar surface area (TPSA) is 23.5 Å². The normalized spacial score (nSPS) is 17.2. The number of piperidine rings is 1. The standard InChI is InChI=1S/C18H29NO/c1-12(2)16-10-15(11-17(13(3)4)18(16)20)19-8-6-14(5)7-9-19/h10-14,20H,6-9H2,1-5H3. The third-order valence-electron chi connectivity index (χ3n) is 4.55. The minimum atomic E-state index is 0.358. The van der Waals surface area contributed by atoms with Crippen molar-refractivity contribution < 1.29 is 5.11 Å². The SMILES string of the molecule is CC1CCN(c2cc(C(C)C)c(O)c(C(C)C)c2)CC1. The quantitative estimate of drug-likeness (QED) is 0.850. The maximum Gasteiger partial charge on any atom is 0.122 e. The van der Waals surface area contributed by atoms with Gasteiger partial charge in [-0.25, -0.2) is 0 Å². The van der Waals surface area contributed by atoms with Gasteiger partial charge in [-0.15, -0.1) is 0 Å². The molecule has 2 heteroatoms. The van der Waals surface area contributed by atoms with Crippen molar-refractivity contribution in [1.82, 2.24) is 0 Å². The second kappa shape index (κ2) is 6.07. The number of benzene rings is 1. The van der Waals surface area contributed by atoms with Crippen molar-refractivity contribution >= 4 is 5.69 Å². The van der Waals surface area contributed by atoms with Crippen LogP contribution < -0.4 is 4.90 Å². The summed E-state index contributed by atoms with van der Waals surface area (Å²) in [4.78, 5) is 2.48. The van der Waals surface area contributed by atoms with Crippen LogP contribution in [0.1, 0.15) is 70.4 Å². The maximum absolute atomic E-state index is 10.5. The number of phenols is 1. The number of nitrogens with zero attached hydrogens (tertiary/aromatic N) is 1. The second-order valence-corrected chi connectivity index (χ2v) is 6.95. The van der Waals surface area contributed by atoms with Crippen LogP contribution in [0.4, 0.5) is 5.69 Å². The van der Waals surface area contributed by atoms with E-state index in [0.717, 1.165) is 30.1 Å². The summed E-state index contributed by atoms with van der Waals surface area (Å²) < 4.78 is 0. The second-order valence-electron chi connectivity index (χ2n) is 6.95. The van der Waals surface area contributed by atoms with Crippen molar-refractivity contribution in [3.8, 4) is 5.75 Å². The van der Waals surface area contributed by atoms with Crippen LogP contribution in [0.25, 0.3) is 0 Å². The average Bonchev–Trinajstić information content (AvgIpc) is 2.39. The summed E-state index contributed by atoms with van der Waals surface area (Å²) >= 11 is 0. The van der Waals surface area contributed by atoms with Crippen LogP contribution in [0.2, 0.25) is 0 Å². The monoisotopic (exact) mass is 275 g/mol. The molecule has 1 heterocycles. The molecule has 20 heavy (non-hydrogen) atoms. The first-order chi connectivity index (χ1) is 9.40. The lowest BCUT2D eigenvalue weighted by molar-refractivity contribution is 0.436. The molecular weight excluding hydrogens is 246 g/mol. The van der Waals surface area contributed by atoms with Crippen LogP contribution in [0.5, 0.6) is 5.75 Å². The molecule has 2 nitrogen and oxygen atoms in total. The Bertz CT molecular complexity index is 427. The first-order valence-electron chi connectivity index (χ1n) is 8.01. The molecule has 2 rings (SSSR count). The molecule has 1 N–H and O–H groups in total. The molecule has 1 aliphatic rings. The molecule has 1 saturated heterocycles. The molecule has 1 aromatic carbocycles. The van der Waals surface area contributed by atoms with E-state index in [2.05, 4.69) is 51.7 Å². The van der Waals surface area contributed by atoms with Gasteiger partial charge in [-0.2, -0.15) is 0 Å². The van der Waals surface area contributed by atoms with Gasteiger partial charge >= 0.3 is 0 Å². The van der Waals surface area contributed by atoms with E-state index in [-0.39, 0.29) is 0 Å². The van der Waals surface area contributed by atoms with Crippen molar-refractivity contribution in [3.05, 3.63) is 23.3 Å². The Morgan fingerprint density at radius 2 is 1.45 bits per heavy atom. The number of anilines is 1. The molecule has 0 bridgehead atoms. The Morgan fingerprint density at radius 3 is 1.85 bits per heavy atom. The predicted octanol–water partition coefficient (Wildman–Crippen LogP) is 4.88.